The number of nitrogens with one attached hydrogen (secondary N) is 2. The van der Waals surface area contributed by atoms with E-state index in [1.165, 1.54) is 11.6 Å². The van der Waals surface area contributed by atoms with E-state index >= 15 is 0 Å². The van der Waals surface area contributed by atoms with E-state index in [2.05, 4.69) is 41.3 Å². The minimum absolute atomic E-state index is 0.244. The van der Waals surface area contributed by atoms with Crippen LogP contribution in [-0.4, -0.2) is 15.9 Å². The summed E-state index contributed by atoms with van der Waals surface area (Å²) in [4.78, 5) is 20.3. The van der Waals surface area contributed by atoms with Crippen LogP contribution in [0.4, 0.5) is 5.69 Å². The molecule has 150 valence electrons. The fourth-order valence-electron chi connectivity index (χ4n) is 3.20. The molecule has 2 N–H and O–H groups in total. The molecule has 1 heterocycles. The van der Waals surface area contributed by atoms with Gasteiger partial charge in [0, 0.05) is 11.6 Å². The molecule has 4 nitrogen and oxygen atoms in total. The normalized spacial score (nSPS) is 11.5. The van der Waals surface area contributed by atoms with Gasteiger partial charge in [-0.2, -0.15) is 0 Å². The van der Waals surface area contributed by atoms with Crippen molar-refractivity contribution in [2.24, 2.45) is 0 Å². The van der Waals surface area contributed by atoms with Crippen LogP contribution in [0.3, 0.4) is 0 Å². The predicted molar refractivity (Wildman–Crippen MR) is 125 cm³/mol. The summed E-state index contributed by atoms with van der Waals surface area (Å²) >= 11 is 6.30. The molecule has 0 fully saturated rings. The number of benzene rings is 3. The molecule has 1 amide bonds. The van der Waals surface area contributed by atoms with Crippen molar-refractivity contribution in [3.63, 3.8) is 0 Å². The molecule has 1 aromatic heterocycles. The fourth-order valence-corrected chi connectivity index (χ4v) is 3.36. The molecule has 0 spiro atoms. The number of fused-ring (bicyclic) bond motifs is 1. The highest BCUT2D eigenvalue weighted by Crippen LogP contribution is 2.28. The third-order valence-electron chi connectivity index (χ3n) is 4.92. The Labute approximate surface area is 180 Å². The Morgan fingerprint density at radius 3 is 2.57 bits per heavy atom. The average molecular weight is 416 g/mol. The smallest absolute Gasteiger partial charge is 0.248 e. The van der Waals surface area contributed by atoms with E-state index in [9.17, 15) is 4.79 Å². The average Bonchev–Trinajstić information content (AvgIpc) is 3.18. The number of carbonyl (C=O) groups is 1. The number of rotatable bonds is 5. The summed E-state index contributed by atoms with van der Waals surface area (Å²) in [5, 5.41) is 3.32. The Kier molecular flexibility index (Phi) is 5.68. The number of H-pyrrole nitrogens is 1. The van der Waals surface area contributed by atoms with E-state index in [0.29, 0.717) is 16.6 Å². The summed E-state index contributed by atoms with van der Waals surface area (Å²) in [5.41, 5.74) is 5.47. The number of aromatic amines is 1. The summed E-state index contributed by atoms with van der Waals surface area (Å²) in [6.07, 6.45) is 3.30. The molecule has 0 atom stereocenters. The third-order valence-corrected chi connectivity index (χ3v) is 5.25. The van der Waals surface area contributed by atoms with Gasteiger partial charge < -0.3 is 10.3 Å². The molecule has 4 rings (SSSR count). The SMILES string of the molecule is CC(C)c1ccc(/C=C/C(=O)Nc2cc(-c3nc4ccccc4[nH]3)ccc2Cl)cc1. The van der Waals surface area contributed by atoms with Gasteiger partial charge in [-0.15, -0.1) is 0 Å². The van der Waals surface area contributed by atoms with Crippen molar-refractivity contribution in [3.05, 3.63) is 89.0 Å². The standard InChI is InChI=1S/C25H22ClN3O/c1-16(2)18-10-7-17(8-11-18)9-14-24(30)27-23-15-19(12-13-20(23)26)25-28-21-5-3-4-6-22(21)29-25/h3-16H,1-2H3,(H,27,30)(H,28,29)/b14-9+. The first kappa shape index (κ1) is 19.9. The molecule has 0 aliphatic carbocycles. The number of para-hydroxylation sites is 2. The van der Waals surface area contributed by atoms with Crippen LogP contribution in [-0.2, 0) is 4.79 Å². The molecule has 0 aliphatic heterocycles. The number of halogens is 1. The quantitative estimate of drug-likeness (QED) is 0.358. The van der Waals surface area contributed by atoms with Crippen LogP contribution in [0.2, 0.25) is 5.02 Å². The number of imidazole rings is 1. The maximum atomic E-state index is 12.4. The van der Waals surface area contributed by atoms with Gasteiger partial charge in [0.15, 0.2) is 0 Å². The lowest BCUT2D eigenvalue weighted by molar-refractivity contribution is -0.111. The van der Waals surface area contributed by atoms with Crippen molar-refractivity contribution < 1.29 is 4.79 Å². The molecular formula is C25H22ClN3O. The lowest BCUT2D eigenvalue weighted by Gasteiger charge is -2.07. The van der Waals surface area contributed by atoms with E-state index in [1.807, 2.05) is 48.5 Å². The molecule has 0 bridgehead atoms. The van der Waals surface area contributed by atoms with Crippen molar-refractivity contribution >= 4 is 40.3 Å². The van der Waals surface area contributed by atoms with Crippen LogP contribution in [0.15, 0.2) is 72.8 Å². The molecule has 0 aliphatic rings. The minimum atomic E-state index is -0.244. The molecule has 3 aromatic carbocycles. The number of hydrogen-bond donors (Lipinski definition) is 2. The van der Waals surface area contributed by atoms with E-state index in [0.717, 1.165) is 28.0 Å². The molecule has 0 radical (unpaired) electrons. The van der Waals surface area contributed by atoms with Gasteiger partial charge in [-0.05, 0) is 53.5 Å². The zero-order chi connectivity index (χ0) is 21.1. The first-order valence-corrected chi connectivity index (χ1v) is 10.2. The summed E-state index contributed by atoms with van der Waals surface area (Å²) in [5.74, 6) is 0.961. The predicted octanol–water partition coefficient (Wildman–Crippen LogP) is 6.66. The molecule has 30 heavy (non-hydrogen) atoms. The number of nitrogens with zero attached hydrogens (tertiary/aromatic N) is 1. The van der Waals surface area contributed by atoms with Crippen LogP contribution in [0.25, 0.3) is 28.5 Å². The number of anilines is 1. The van der Waals surface area contributed by atoms with Gasteiger partial charge in [-0.3, -0.25) is 4.79 Å². The summed E-state index contributed by atoms with van der Waals surface area (Å²) in [6.45, 7) is 4.31. The van der Waals surface area contributed by atoms with Crippen LogP contribution >= 0.6 is 11.6 Å². The van der Waals surface area contributed by atoms with E-state index in [-0.39, 0.29) is 5.91 Å². The topological polar surface area (TPSA) is 57.8 Å². The molecule has 4 aromatic rings. The second-order valence-corrected chi connectivity index (χ2v) is 7.85. The lowest BCUT2D eigenvalue weighted by Crippen LogP contribution is -2.08. The lowest BCUT2D eigenvalue weighted by atomic mass is 10.0. The van der Waals surface area contributed by atoms with Gasteiger partial charge in [0.1, 0.15) is 5.82 Å². The third kappa shape index (κ3) is 4.44. The largest absolute Gasteiger partial charge is 0.338 e. The summed E-state index contributed by atoms with van der Waals surface area (Å²) in [7, 11) is 0. The van der Waals surface area contributed by atoms with Gasteiger partial charge in [-0.1, -0.05) is 61.8 Å². The van der Waals surface area contributed by atoms with Crippen molar-refractivity contribution in [3.8, 4) is 11.4 Å². The first-order chi connectivity index (χ1) is 14.5. The van der Waals surface area contributed by atoms with Crippen molar-refractivity contribution in [1.29, 1.82) is 0 Å². The molecular weight excluding hydrogens is 394 g/mol. The van der Waals surface area contributed by atoms with Gasteiger partial charge >= 0.3 is 0 Å². The fraction of sp³-hybridized carbons (Fsp3) is 0.120. The molecule has 0 saturated carbocycles. The molecule has 0 saturated heterocycles. The Morgan fingerprint density at radius 2 is 1.83 bits per heavy atom. The highest BCUT2D eigenvalue weighted by Gasteiger charge is 2.09. The monoisotopic (exact) mass is 415 g/mol. The molecule has 0 unspecified atom stereocenters. The van der Waals surface area contributed by atoms with Crippen LogP contribution in [0, 0.1) is 0 Å². The number of amides is 1. The van der Waals surface area contributed by atoms with E-state index in [4.69, 9.17) is 11.6 Å². The second-order valence-electron chi connectivity index (χ2n) is 7.44. The molecule has 5 heteroatoms. The van der Waals surface area contributed by atoms with Gasteiger partial charge in [0.25, 0.3) is 0 Å². The maximum Gasteiger partial charge on any atom is 0.248 e. The van der Waals surface area contributed by atoms with Gasteiger partial charge in [0.2, 0.25) is 5.91 Å². The zero-order valence-electron chi connectivity index (χ0n) is 16.8. The Hall–Kier alpha value is -3.37. The zero-order valence-corrected chi connectivity index (χ0v) is 17.6. The van der Waals surface area contributed by atoms with E-state index in [1.54, 1.807) is 12.1 Å². The number of aromatic nitrogens is 2. The first-order valence-electron chi connectivity index (χ1n) is 9.83. The van der Waals surface area contributed by atoms with Crippen molar-refractivity contribution in [1.82, 2.24) is 9.97 Å². The minimum Gasteiger partial charge on any atom is -0.338 e. The van der Waals surface area contributed by atoms with Crippen LogP contribution in [0.1, 0.15) is 30.9 Å². The van der Waals surface area contributed by atoms with E-state index < -0.39 is 0 Å². The van der Waals surface area contributed by atoms with Crippen molar-refractivity contribution in [2.45, 2.75) is 19.8 Å². The van der Waals surface area contributed by atoms with Crippen LogP contribution in [0.5, 0.6) is 0 Å². The van der Waals surface area contributed by atoms with Crippen molar-refractivity contribution in [2.75, 3.05) is 5.32 Å². The van der Waals surface area contributed by atoms with Gasteiger partial charge in [0.05, 0.1) is 21.7 Å². The van der Waals surface area contributed by atoms with Gasteiger partial charge in [-0.25, -0.2) is 4.98 Å². The Balaban J connectivity index is 1.51. The second kappa shape index (κ2) is 8.56. The highest BCUT2D eigenvalue weighted by molar-refractivity contribution is 6.34. The number of hydrogen-bond acceptors (Lipinski definition) is 2. The van der Waals surface area contributed by atoms with Crippen LogP contribution < -0.4 is 5.32 Å². The summed E-state index contributed by atoms with van der Waals surface area (Å²) in [6, 6.07) is 21.5. The highest BCUT2D eigenvalue weighted by atomic mass is 35.5. The Bertz CT molecular complexity index is 1190. The maximum absolute atomic E-state index is 12.4. The summed E-state index contributed by atoms with van der Waals surface area (Å²) < 4.78 is 0. The Morgan fingerprint density at radius 1 is 1.07 bits per heavy atom. The number of carbonyl (C=O) groups excluding carboxylic acids is 1.